The zero-order valence-corrected chi connectivity index (χ0v) is 15.2. The quantitative estimate of drug-likeness (QED) is 0.767. The molecule has 2 aromatic heterocycles. The molecule has 0 bridgehead atoms. The van der Waals surface area contributed by atoms with E-state index in [1.54, 1.807) is 36.7 Å². The summed E-state index contributed by atoms with van der Waals surface area (Å²) in [5.41, 5.74) is 0.363. The van der Waals surface area contributed by atoms with Gasteiger partial charge in [-0.15, -0.1) is 0 Å². The third-order valence-electron chi connectivity index (χ3n) is 3.77. The van der Waals surface area contributed by atoms with Crippen molar-refractivity contribution >= 4 is 17.7 Å². The Balaban J connectivity index is 1.92. The lowest BCUT2D eigenvalue weighted by Gasteiger charge is -2.30. The van der Waals surface area contributed by atoms with E-state index in [4.69, 9.17) is 0 Å². The summed E-state index contributed by atoms with van der Waals surface area (Å²) < 4.78 is 0. The maximum Gasteiger partial charge on any atom is 0.270 e. The molecule has 0 spiro atoms. The molecule has 134 valence electrons. The molecule has 2 heterocycles. The first kappa shape index (κ1) is 18.8. The van der Waals surface area contributed by atoms with E-state index >= 15 is 0 Å². The lowest BCUT2D eigenvalue weighted by Crippen LogP contribution is -2.42. The maximum absolute atomic E-state index is 12.3. The van der Waals surface area contributed by atoms with Gasteiger partial charge >= 0.3 is 0 Å². The van der Waals surface area contributed by atoms with Crippen LogP contribution in [0.1, 0.15) is 38.2 Å². The van der Waals surface area contributed by atoms with Gasteiger partial charge in [0, 0.05) is 37.6 Å². The van der Waals surface area contributed by atoms with Crippen LogP contribution in [0.15, 0.2) is 36.7 Å². The predicted molar refractivity (Wildman–Crippen MR) is 98.9 cm³/mol. The first-order valence-electron chi connectivity index (χ1n) is 8.52. The fourth-order valence-corrected chi connectivity index (χ4v) is 2.61. The SMILES string of the molecule is CC(C)N(CCNC(=O)c1cccc(Nc2ncccn2)n1)C(C)C. The van der Waals surface area contributed by atoms with Crippen LogP contribution >= 0.6 is 0 Å². The number of amides is 1. The Kier molecular flexibility index (Phi) is 6.82. The maximum atomic E-state index is 12.3. The van der Waals surface area contributed by atoms with Gasteiger partial charge in [0.2, 0.25) is 5.95 Å². The molecule has 7 nitrogen and oxygen atoms in total. The number of hydrogen-bond acceptors (Lipinski definition) is 6. The van der Waals surface area contributed by atoms with E-state index in [1.165, 1.54) is 0 Å². The van der Waals surface area contributed by atoms with E-state index in [0.29, 0.717) is 36.1 Å². The molecule has 0 fully saturated rings. The van der Waals surface area contributed by atoms with Crippen molar-refractivity contribution in [3.63, 3.8) is 0 Å². The number of anilines is 2. The second kappa shape index (κ2) is 9.08. The molecule has 0 saturated carbocycles. The molecule has 7 heteroatoms. The average molecular weight is 342 g/mol. The average Bonchev–Trinajstić information content (AvgIpc) is 2.59. The number of nitrogens with zero attached hydrogens (tertiary/aromatic N) is 4. The van der Waals surface area contributed by atoms with Crippen molar-refractivity contribution in [2.75, 3.05) is 18.4 Å². The Labute approximate surface area is 148 Å². The number of nitrogens with one attached hydrogen (secondary N) is 2. The van der Waals surface area contributed by atoms with Crippen LogP contribution in [0.4, 0.5) is 11.8 Å². The van der Waals surface area contributed by atoms with Gasteiger partial charge in [-0.3, -0.25) is 9.69 Å². The standard InChI is InChI=1S/C18H26N6O/c1-13(2)24(14(3)4)12-11-19-17(25)15-7-5-8-16(22-15)23-18-20-9-6-10-21-18/h5-10,13-14H,11-12H2,1-4H3,(H,19,25)(H,20,21,22,23). The summed E-state index contributed by atoms with van der Waals surface area (Å²) in [5, 5.41) is 5.91. The highest BCUT2D eigenvalue weighted by Gasteiger charge is 2.14. The molecular formula is C18H26N6O. The summed E-state index contributed by atoms with van der Waals surface area (Å²) in [4.78, 5) is 27.1. The summed E-state index contributed by atoms with van der Waals surface area (Å²) in [6.07, 6.45) is 3.28. The van der Waals surface area contributed by atoms with Crippen molar-refractivity contribution in [3.8, 4) is 0 Å². The Morgan fingerprint density at radius 3 is 2.40 bits per heavy atom. The van der Waals surface area contributed by atoms with Gasteiger partial charge in [-0.1, -0.05) is 6.07 Å². The molecule has 0 aliphatic rings. The molecule has 0 saturated heterocycles. The van der Waals surface area contributed by atoms with Gasteiger partial charge in [0.05, 0.1) is 0 Å². The second-order valence-corrected chi connectivity index (χ2v) is 6.29. The van der Waals surface area contributed by atoms with E-state index in [9.17, 15) is 4.79 Å². The van der Waals surface area contributed by atoms with Crippen molar-refractivity contribution in [2.45, 2.75) is 39.8 Å². The van der Waals surface area contributed by atoms with E-state index in [1.807, 2.05) is 0 Å². The van der Waals surface area contributed by atoms with Gasteiger partial charge in [-0.2, -0.15) is 0 Å². The Morgan fingerprint density at radius 1 is 1.08 bits per heavy atom. The van der Waals surface area contributed by atoms with Crippen LogP contribution in [0, 0.1) is 0 Å². The number of hydrogen-bond donors (Lipinski definition) is 2. The molecule has 0 aliphatic carbocycles. The number of rotatable bonds is 8. The fraction of sp³-hybridized carbons (Fsp3) is 0.444. The van der Waals surface area contributed by atoms with Crippen LogP contribution in [0.2, 0.25) is 0 Å². The zero-order chi connectivity index (χ0) is 18.2. The Morgan fingerprint density at radius 2 is 1.76 bits per heavy atom. The topological polar surface area (TPSA) is 83.0 Å². The van der Waals surface area contributed by atoms with Gasteiger partial charge < -0.3 is 10.6 Å². The van der Waals surface area contributed by atoms with Gasteiger partial charge in [0.25, 0.3) is 5.91 Å². The smallest absolute Gasteiger partial charge is 0.270 e. The molecule has 2 rings (SSSR count). The normalized spacial score (nSPS) is 11.2. The monoisotopic (exact) mass is 342 g/mol. The highest BCUT2D eigenvalue weighted by Crippen LogP contribution is 2.10. The summed E-state index contributed by atoms with van der Waals surface area (Å²) in [7, 11) is 0. The molecule has 1 amide bonds. The minimum atomic E-state index is -0.190. The van der Waals surface area contributed by atoms with Gasteiger partial charge in [-0.05, 0) is 45.9 Å². The van der Waals surface area contributed by atoms with E-state index < -0.39 is 0 Å². The predicted octanol–water partition coefficient (Wildman–Crippen LogP) is 2.46. The van der Waals surface area contributed by atoms with Crippen LogP contribution in [-0.2, 0) is 0 Å². The highest BCUT2D eigenvalue weighted by molar-refractivity contribution is 5.92. The van der Waals surface area contributed by atoms with Crippen molar-refractivity contribution in [1.82, 2.24) is 25.2 Å². The van der Waals surface area contributed by atoms with Crippen LogP contribution in [0.3, 0.4) is 0 Å². The largest absolute Gasteiger partial charge is 0.349 e. The first-order valence-corrected chi connectivity index (χ1v) is 8.52. The number of pyridine rings is 1. The van der Waals surface area contributed by atoms with Crippen LogP contribution < -0.4 is 10.6 Å². The van der Waals surface area contributed by atoms with Gasteiger partial charge in [0.1, 0.15) is 11.5 Å². The van der Waals surface area contributed by atoms with Crippen LogP contribution in [-0.4, -0.2) is 50.9 Å². The van der Waals surface area contributed by atoms with E-state index in [0.717, 1.165) is 6.54 Å². The second-order valence-electron chi connectivity index (χ2n) is 6.29. The minimum absolute atomic E-state index is 0.190. The van der Waals surface area contributed by atoms with Crippen molar-refractivity contribution < 1.29 is 4.79 Å². The molecule has 0 aromatic carbocycles. The molecular weight excluding hydrogens is 316 g/mol. The van der Waals surface area contributed by atoms with E-state index in [-0.39, 0.29) is 5.91 Å². The Hall–Kier alpha value is -2.54. The number of carbonyl (C=O) groups is 1. The summed E-state index contributed by atoms with van der Waals surface area (Å²) >= 11 is 0. The van der Waals surface area contributed by atoms with E-state index in [2.05, 4.69) is 58.2 Å². The number of carbonyl (C=O) groups excluding carboxylic acids is 1. The van der Waals surface area contributed by atoms with Gasteiger partial charge in [0.15, 0.2) is 0 Å². The van der Waals surface area contributed by atoms with Crippen molar-refractivity contribution in [3.05, 3.63) is 42.4 Å². The van der Waals surface area contributed by atoms with Crippen LogP contribution in [0.5, 0.6) is 0 Å². The lowest BCUT2D eigenvalue weighted by molar-refractivity contribution is 0.0934. The highest BCUT2D eigenvalue weighted by atomic mass is 16.1. The minimum Gasteiger partial charge on any atom is -0.349 e. The molecule has 0 aliphatic heterocycles. The molecule has 2 aromatic rings. The van der Waals surface area contributed by atoms with Gasteiger partial charge in [-0.25, -0.2) is 15.0 Å². The molecule has 0 atom stereocenters. The summed E-state index contributed by atoms with van der Waals surface area (Å²) in [6.45, 7) is 10.0. The molecule has 0 unspecified atom stereocenters. The molecule has 2 N–H and O–H groups in total. The Bertz CT molecular complexity index is 666. The zero-order valence-electron chi connectivity index (χ0n) is 15.2. The molecule has 0 radical (unpaired) electrons. The third kappa shape index (κ3) is 5.79. The lowest BCUT2D eigenvalue weighted by atomic mass is 10.2. The summed E-state index contributed by atoms with van der Waals surface area (Å²) in [5.74, 6) is 0.784. The van der Waals surface area contributed by atoms with Crippen molar-refractivity contribution in [1.29, 1.82) is 0 Å². The van der Waals surface area contributed by atoms with Crippen LogP contribution in [0.25, 0.3) is 0 Å². The van der Waals surface area contributed by atoms with Crippen molar-refractivity contribution in [2.24, 2.45) is 0 Å². The third-order valence-corrected chi connectivity index (χ3v) is 3.77. The fourth-order valence-electron chi connectivity index (χ4n) is 2.61. The summed E-state index contributed by atoms with van der Waals surface area (Å²) in [6, 6.07) is 7.85. The number of aromatic nitrogens is 3. The molecule has 25 heavy (non-hydrogen) atoms. The first-order chi connectivity index (χ1) is 12.0.